The van der Waals surface area contributed by atoms with Crippen LogP contribution in [0.1, 0.15) is 56.8 Å². The Hall–Kier alpha value is -0.760. The molecule has 0 aromatic carbocycles. The summed E-state index contributed by atoms with van der Waals surface area (Å²) >= 11 is 0. The number of fused-ring (bicyclic) bond motifs is 1. The van der Waals surface area contributed by atoms with Gasteiger partial charge in [0.1, 0.15) is 0 Å². The summed E-state index contributed by atoms with van der Waals surface area (Å²) in [6, 6.07) is 2.55. The second-order valence-electron chi connectivity index (χ2n) is 6.36. The van der Waals surface area contributed by atoms with Gasteiger partial charge in [-0.25, -0.2) is 0 Å². The molecule has 1 heterocycles. The summed E-state index contributed by atoms with van der Waals surface area (Å²) in [6.07, 6.45) is 8.73. The van der Waals surface area contributed by atoms with Gasteiger partial charge in [0.15, 0.2) is 0 Å². The van der Waals surface area contributed by atoms with Crippen molar-refractivity contribution in [2.75, 3.05) is 0 Å². The Bertz CT molecular complexity index is 413. The van der Waals surface area contributed by atoms with Gasteiger partial charge in [0.2, 0.25) is 0 Å². The second-order valence-corrected chi connectivity index (χ2v) is 6.36. The van der Waals surface area contributed by atoms with E-state index in [1.165, 1.54) is 43.5 Å². The molecule has 17 heavy (non-hydrogen) atoms. The Kier molecular flexibility index (Phi) is 2.58. The van der Waals surface area contributed by atoms with Crippen LogP contribution in [0.5, 0.6) is 0 Å². The highest BCUT2D eigenvalue weighted by Gasteiger charge is 2.45. The van der Waals surface area contributed by atoms with Crippen LogP contribution in [0.2, 0.25) is 0 Å². The van der Waals surface area contributed by atoms with Crippen molar-refractivity contribution in [1.29, 1.82) is 0 Å². The summed E-state index contributed by atoms with van der Waals surface area (Å²) in [7, 11) is 0. The average Bonchev–Trinajstić information content (AvgIpc) is 2.96. The molecular formula is C15H24N2. The van der Waals surface area contributed by atoms with E-state index in [0.717, 1.165) is 12.3 Å². The molecule has 1 fully saturated rings. The van der Waals surface area contributed by atoms with Crippen molar-refractivity contribution in [2.45, 2.75) is 58.5 Å². The molecule has 2 aliphatic carbocycles. The summed E-state index contributed by atoms with van der Waals surface area (Å²) in [5, 5.41) is 0. The summed E-state index contributed by atoms with van der Waals surface area (Å²) in [4.78, 5) is 0. The molecule has 1 aromatic heterocycles. The van der Waals surface area contributed by atoms with Crippen LogP contribution in [0.25, 0.3) is 0 Å². The molecule has 2 nitrogen and oxygen atoms in total. The molecule has 3 rings (SSSR count). The van der Waals surface area contributed by atoms with E-state index in [2.05, 4.69) is 30.7 Å². The van der Waals surface area contributed by atoms with Crippen LogP contribution in [0, 0.1) is 11.3 Å². The van der Waals surface area contributed by atoms with Crippen LogP contribution in [-0.2, 0) is 13.0 Å². The second kappa shape index (κ2) is 3.88. The van der Waals surface area contributed by atoms with Crippen molar-refractivity contribution in [3.63, 3.8) is 0 Å². The average molecular weight is 232 g/mol. The minimum absolute atomic E-state index is 0.286. The summed E-state index contributed by atoms with van der Waals surface area (Å²) in [5.74, 6) is 0.804. The van der Waals surface area contributed by atoms with Gasteiger partial charge in [-0.3, -0.25) is 0 Å². The molecule has 1 aromatic rings. The lowest BCUT2D eigenvalue weighted by Crippen LogP contribution is -2.22. The first-order valence-corrected chi connectivity index (χ1v) is 7.06. The largest absolute Gasteiger partial charge is 0.351 e. The molecule has 0 amide bonds. The van der Waals surface area contributed by atoms with E-state index in [1.807, 2.05) is 0 Å². The number of hydrogen-bond acceptors (Lipinski definition) is 1. The molecule has 1 atom stereocenters. The summed E-state index contributed by atoms with van der Waals surface area (Å²) in [5.41, 5.74) is 9.71. The van der Waals surface area contributed by atoms with E-state index in [1.54, 1.807) is 0 Å². The normalized spacial score (nSPS) is 26.0. The van der Waals surface area contributed by atoms with Gasteiger partial charge in [-0.15, -0.1) is 0 Å². The fraction of sp³-hybridized carbons (Fsp3) is 0.733. The first-order chi connectivity index (χ1) is 8.12. The smallest absolute Gasteiger partial charge is 0.0312 e. The van der Waals surface area contributed by atoms with E-state index in [4.69, 9.17) is 5.73 Å². The Morgan fingerprint density at radius 2 is 2.24 bits per heavy atom. The highest BCUT2D eigenvalue weighted by Crippen LogP contribution is 2.53. The molecule has 1 unspecified atom stereocenters. The number of hydrogen-bond donors (Lipinski definition) is 1. The maximum Gasteiger partial charge on any atom is 0.0312 e. The predicted octanol–water partition coefficient (Wildman–Crippen LogP) is 3.26. The predicted molar refractivity (Wildman–Crippen MR) is 70.8 cm³/mol. The molecule has 0 spiro atoms. The minimum Gasteiger partial charge on any atom is -0.351 e. The quantitative estimate of drug-likeness (QED) is 0.852. The molecular weight excluding hydrogens is 208 g/mol. The fourth-order valence-electron chi connectivity index (χ4n) is 3.36. The maximum atomic E-state index is 6.19. The molecule has 0 radical (unpaired) electrons. The number of aromatic nitrogens is 1. The molecule has 2 heteroatoms. The maximum absolute atomic E-state index is 6.19. The SMILES string of the molecule is CC(C)C1(Cn2ccc3c2CCCC3N)CC1. The van der Waals surface area contributed by atoms with Crippen LogP contribution in [0.15, 0.2) is 12.3 Å². The van der Waals surface area contributed by atoms with Gasteiger partial charge in [0.25, 0.3) is 0 Å². The van der Waals surface area contributed by atoms with Crippen molar-refractivity contribution in [3.05, 3.63) is 23.5 Å². The van der Waals surface area contributed by atoms with Gasteiger partial charge in [0, 0.05) is 24.5 Å². The van der Waals surface area contributed by atoms with E-state index in [9.17, 15) is 0 Å². The zero-order chi connectivity index (χ0) is 12.0. The molecule has 0 bridgehead atoms. The van der Waals surface area contributed by atoms with Gasteiger partial charge >= 0.3 is 0 Å². The third kappa shape index (κ3) is 1.83. The highest BCUT2D eigenvalue weighted by atomic mass is 15.0. The van der Waals surface area contributed by atoms with Crippen molar-refractivity contribution in [1.82, 2.24) is 4.57 Å². The summed E-state index contributed by atoms with van der Waals surface area (Å²) < 4.78 is 2.50. The van der Waals surface area contributed by atoms with Crippen molar-refractivity contribution in [3.8, 4) is 0 Å². The van der Waals surface area contributed by atoms with Crippen LogP contribution in [-0.4, -0.2) is 4.57 Å². The Balaban J connectivity index is 1.85. The van der Waals surface area contributed by atoms with Gasteiger partial charge < -0.3 is 10.3 Å². The van der Waals surface area contributed by atoms with Crippen molar-refractivity contribution in [2.24, 2.45) is 17.1 Å². The van der Waals surface area contributed by atoms with E-state index < -0.39 is 0 Å². The molecule has 0 aliphatic heterocycles. The first-order valence-electron chi connectivity index (χ1n) is 7.06. The molecule has 0 saturated heterocycles. The Morgan fingerprint density at radius 1 is 1.47 bits per heavy atom. The molecule has 1 saturated carbocycles. The summed E-state index contributed by atoms with van der Waals surface area (Å²) in [6.45, 7) is 5.95. The van der Waals surface area contributed by atoms with Crippen molar-refractivity contribution < 1.29 is 0 Å². The number of rotatable bonds is 3. The lowest BCUT2D eigenvalue weighted by Gasteiger charge is -2.25. The molecule has 2 aliphatic rings. The Morgan fingerprint density at radius 3 is 2.88 bits per heavy atom. The number of nitrogens with zero attached hydrogens (tertiary/aromatic N) is 1. The third-order valence-corrected chi connectivity index (χ3v) is 5.04. The fourth-order valence-corrected chi connectivity index (χ4v) is 3.36. The molecule has 2 N–H and O–H groups in total. The molecule has 94 valence electrons. The van der Waals surface area contributed by atoms with Crippen LogP contribution in [0.4, 0.5) is 0 Å². The van der Waals surface area contributed by atoms with Crippen LogP contribution >= 0.6 is 0 Å². The highest BCUT2D eigenvalue weighted by molar-refractivity contribution is 5.28. The first kappa shape index (κ1) is 11.3. The van der Waals surface area contributed by atoms with Gasteiger partial charge in [-0.2, -0.15) is 0 Å². The van der Waals surface area contributed by atoms with Crippen LogP contribution in [0.3, 0.4) is 0 Å². The van der Waals surface area contributed by atoms with E-state index in [0.29, 0.717) is 5.41 Å². The topological polar surface area (TPSA) is 30.9 Å². The lowest BCUT2D eigenvalue weighted by atomic mass is 9.91. The van der Waals surface area contributed by atoms with Gasteiger partial charge in [0.05, 0.1) is 0 Å². The zero-order valence-electron chi connectivity index (χ0n) is 11.1. The van der Waals surface area contributed by atoms with Crippen molar-refractivity contribution >= 4 is 0 Å². The minimum atomic E-state index is 0.286. The monoisotopic (exact) mass is 232 g/mol. The third-order valence-electron chi connectivity index (χ3n) is 5.04. The number of nitrogens with two attached hydrogens (primary N) is 1. The lowest BCUT2D eigenvalue weighted by molar-refractivity contribution is 0.304. The van der Waals surface area contributed by atoms with Gasteiger partial charge in [-0.05, 0) is 55.1 Å². The van der Waals surface area contributed by atoms with Crippen LogP contribution < -0.4 is 5.73 Å². The Labute approximate surface area is 104 Å². The zero-order valence-corrected chi connectivity index (χ0v) is 11.1. The standard InChI is InChI=1S/C15H24N2/c1-11(2)15(7-8-15)10-17-9-6-12-13(16)4-3-5-14(12)17/h6,9,11,13H,3-5,7-8,10,16H2,1-2H3. The van der Waals surface area contributed by atoms with E-state index in [-0.39, 0.29) is 6.04 Å². The van der Waals surface area contributed by atoms with Gasteiger partial charge in [-0.1, -0.05) is 13.8 Å². The van der Waals surface area contributed by atoms with E-state index >= 15 is 0 Å².